The van der Waals surface area contributed by atoms with Crippen LogP contribution in [0.5, 0.6) is 0 Å². The maximum absolute atomic E-state index is 12.8. The van der Waals surface area contributed by atoms with Gasteiger partial charge in [-0.25, -0.2) is 4.79 Å². The number of nitrogens with one attached hydrogen (secondary N) is 3. The zero-order valence-electron chi connectivity index (χ0n) is 18.3. The molecule has 8 heteroatoms. The van der Waals surface area contributed by atoms with Gasteiger partial charge in [0.05, 0.1) is 18.7 Å². The first-order chi connectivity index (χ1) is 14.9. The Morgan fingerprint density at radius 1 is 1.13 bits per heavy atom. The molecule has 31 heavy (non-hydrogen) atoms. The molecule has 0 saturated carbocycles. The van der Waals surface area contributed by atoms with E-state index < -0.39 is 5.97 Å². The highest BCUT2D eigenvalue weighted by atomic mass is 16.5. The van der Waals surface area contributed by atoms with Crippen LogP contribution in [0.25, 0.3) is 0 Å². The highest BCUT2D eigenvalue weighted by Gasteiger charge is 2.26. The summed E-state index contributed by atoms with van der Waals surface area (Å²) in [5.41, 5.74) is 2.85. The molecular formula is C23H30N4O4. The first-order valence-electron chi connectivity index (χ1n) is 10.6. The van der Waals surface area contributed by atoms with E-state index in [0.29, 0.717) is 29.1 Å². The van der Waals surface area contributed by atoms with E-state index in [1.807, 2.05) is 30.3 Å². The van der Waals surface area contributed by atoms with Crippen molar-refractivity contribution in [1.82, 2.24) is 15.2 Å². The minimum atomic E-state index is -0.454. The summed E-state index contributed by atoms with van der Waals surface area (Å²) in [4.78, 5) is 42.2. The lowest BCUT2D eigenvalue weighted by Crippen LogP contribution is -2.46. The number of likely N-dealkylation sites (tertiary alicyclic amines) is 1. The van der Waals surface area contributed by atoms with E-state index >= 15 is 0 Å². The molecule has 0 spiro atoms. The van der Waals surface area contributed by atoms with Crippen molar-refractivity contribution >= 4 is 23.5 Å². The topological polar surface area (TPSA) is 104 Å². The number of carbonyl (C=O) groups is 3. The molecule has 1 saturated heterocycles. The number of H-pyrrole nitrogens is 1. The largest absolute Gasteiger partial charge is 0.461 e. The average Bonchev–Trinajstić information content (AvgIpc) is 3.04. The van der Waals surface area contributed by atoms with Crippen molar-refractivity contribution in [2.45, 2.75) is 39.7 Å². The van der Waals surface area contributed by atoms with Crippen LogP contribution in [0.3, 0.4) is 0 Å². The summed E-state index contributed by atoms with van der Waals surface area (Å²) in [5.74, 6) is -0.690. The van der Waals surface area contributed by atoms with Crippen molar-refractivity contribution in [1.29, 1.82) is 0 Å². The number of hydrogen-bond donors (Lipinski definition) is 3. The van der Waals surface area contributed by atoms with E-state index in [1.54, 1.807) is 20.8 Å². The van der Waals surface area contributed by atoms with Crippen LogP contribution in [0.2, 0.25) is 0 Å². The zero-order valence-corrected chi connectivity index (χ0v) is 18.3. The van der Waals surface area contributed by atoms with Crippen molar-refractivity contribution < 1.29 is 19.1 Å². The van der Waals surface area contributed by atoms with E-state index in [-0.39, 0.29) is 24.5 Å². The van der Waals surface area contributed by atoms with E-state index in [1.165, 1.54) is 0 Å². The molecule has 1 aromatic carbocycles. The molecule has 2 heterocycles. The predicted octanol–water partition coefficient (Wildman–Crippen LogP) is 2.64. The molecule has 1 aliphatic rings. The highest BCUT2D eigenvalue weighted by Crippen LogP contribution is 2.20. The number of aryl methyl sites for hydroxylation is 1. The van der Waals surface area contributed by atoms with Crippen molar-refractivity contribution in [3.63, 3.8) is 0 Å². The van der Waals surface area contributed by atoms with Gasteiger partial charge >= 0.3 is 5.97 Å². The summed E-state index contributed by atoms with van der Waals surface area (Å²) >= 11 is 0. The molecule has 0 unspecified atom stereocenters. The fourth-order valence-electron chi connectivity index (χ4n) is 3.92. The first kappa shape index (κ1) is 22.6. The Labute approximate surface area is 182 Å². The summed E-state index contributed by atoms with van der Waals surface area (Å²) < 4.78 is 5.05. The molecule has 1 aromatic heterocycles. The third-order valence-corrected chi connectivity index (χ3v) is 5.49. The first-order valence-corrected chi connectivity index (χ1v) is 10.6. The smallest absolute Gasteiger partial charge is 0.355 e. The van der Waals surface area contributed by atoms with Crippen LogP contribution >= 0.6 is 0 Å². The molecule has 0 radical (unpaired) electrons. The van der Waals surface area contributed by atoms with Crippen LogP contribution in [0, 0.1) is 13.8 Å². The van der Waals surface area contributed by atoms with Crippen molar-refractivity contribution in [2.24, 2.45) is 0 Å². The number of aromatic amines is 1. The third-order valence-electron chi connectivity index (χ3n) is 5.49. The van der Waals surface area contributed by atoms with Crippen molar-refractivity contribution in [3.05, 3.63) is 52.8 Å². The van der Waals surface area contributed by atoms with Gasteiger partial charge in [-0.15, -0.1) is 0 Å². The predicted molar refractivity (Wildman–Crippen MR) is 118 cm³/mol. The molecule has 8 nitrogen and oxygen atoms in total. The Balaban J connectivity index is 1.50. The number of rotatable bonds is 7. The molecule has 1 fully saturated rings. The summed E-state index contributed by atoms with van der Waals surface area (Å²) in [6.07, 6.45) is 1.52. The number of esters is 1. The fraction of sp³-hybridized carbons (Fsp3) is 0.435. The average molecular weight is 427 g/mol. The lowest BCUT2D eigenvalue weighted by molar-refractivity contribution is -0.117. The molecule has 0 bridgehead atoms. The molecule has 166 valence electrons. The molecule has 3 rings (SSSR count). The molecular weight excluding hydrogens is 396 g/mol. The van der Waals surface area contributed by atoms with Crippen LogP contribution in [0.15, 0.2) is 30.3 Å². The van der Waals surface area contributed by atoms with E-state index in [2.05, 4.69) is 20.5 Å². The Kier molecular flexibility index (Phi) is 7.46. The Morgan fingerprint density at radius 3 is 2.45 bits per heavy atom. The van der Waals surface area contributed by atoms with Crippen LogP contribution in [0.1, 0.15) is 51.9 Å². The molecule has 2 amide bonds. The second-order valence-electron chi connectivity index (χ2n) is 7.78. The maximum Gasteiger partial charge on any atom is 0.355 e. The number of nitrogens with zero attached hydrogens (tertiary/aromatic N) is 1. The molecule has 0 aliphatic carbocycles. The van der Waals surface area contributed by atoms with Gasteiger partial charge in [0.15, 0.2) is 0 Å². The lowest BCUT2D eigenvalue weighted by Gasteiger charge is -2.31. The highest BCUT2D eigenvalue weighted by molar-refractivity contribution is 6.01. The SMILES string of the molecule is CCOC(=O)c1[nH]c(C)c(C(=O)NC2CCN(CC(=O)Nc3ccccc3)CC2)c1C. The maximum atomic E-state index is 12.8. The van der Waals surface area contributed by atoms with Crippen LogP contribution < -0.4 is 10.6 Å². The van der Waals surface area contributed by atoms with Gasteiger partial charge in [0.25, 0.3) is 5.91 Å². The molecule has 1 aliphatic heterocycles. The van der Waals surface area contributed by atoms with Gasteiger partial charge in [-0.1, -0.05) is 18.2 Å². The van der Waals surface area contributed by atoms with Gasteiger partial charge in [0.1, 0.15) is 5.69 Å². The lowest BCUT2D eigenvalue weighted by atomic mass is 10.0. The summed E-state index contributed by atoms with van der Waals surface area (Å²) in [6.45, 7) is 7.33. The number of benzene rings is 1. The van der Waals surface area contributed by atoms with Crippen LogP contribution in [0.4, 0.5) is 5.69 Å². The summed E-state index contributed by atoms with van der Waals surface area (Å²) in [5, 5.41) is 5.97. The van der Waals surface area contributed by atoms with Gasteiger partial charge in [0.2, 0.25) is 5.91 Å². The van der Waals surface area contributed by atoms with Crippen LogP contribution in [-0.2, 0) is 9.53 Å². The minimum absolute atomic E-state index is 0.0284. The third kappa shape index (κ3) is 5.73. The number of ether oxygens (including phenoxy) is 1. The standard InChI is InChI=1S/C23H30N4O4/c1-4-31-23(30)21-15(2)20(16(3)24-21)22(29)26-18-10-12-27(13-11-18)14-19(28)25-17-8-6-5-7-9-17/h5-9,18,24H,4,10-14H2,1-3H3,(H,25,28)(H,26,29). The Morgan fingerprint density at radius 2 is 1.81 bits per heavy atom. The number of para-hydroxylation sites is 1. The Hall–Kier alpha value is -3.13. The number of carbonyl (C=O) groups excluding carboxylic acids is 3. The summed E-state index contributed by atoms with van der Waals surface area (Å²) in [7, 11) is 0. The van der Waals surface area contributed by atoms with Gasteiger partial charge in [0, 0.05) is 30.5 Å². The number of amides is 2. The second-order valence-corrected chi connectivity index (χ2v) is 7.78. The van der Waals surface area contributed by atoms with E-state index in [4.69, 9.17) is 4.74 Å². The number of piperidine rings is 1. The number of hydrogen-bond acceptors (Lipinski definition) is 5. The normalized spacial score (nSPS) is 14.8. The molecule has 3 N–H and O–H groups in total. The minimum Gasteiger partial charge on any atom is -0.461 e. The Bertz CT molecular complexity index is 931. The van der Waals surface area contributed by atoms with Gasteiger partial charge in [-0.2, -0.15) is 0 Å². The van der Waals surface area contributed by atoms with Crippen molar-refractivity contribution in [2.75, 3.05) is 31.6 Å². The summed E-state index contributed by atoms with van der Waals surface area (Å²) in [6, 6.07) is 9.42. The van der Waals surface area contributed by atoms with Gasteiger partial charge in [-0.05, 0) is 51.3 Å². The van der Waals surface area contributed by atoms with Crippen molar-refractivity contribution in [3.8, 4) is 0 Å². The fourth-order valence-corrected chi connectivity index (χ4v) is 3.92. The zero-order chi connectivity index (χ0) is 22.4. The van der Waals surface area contributed by atoms with E-state index in [0.717, 1.165) is 31.6 Å². The van der Waals surface area contributed by atoms with Gasteiger partial charge in [-0.3, -0.25) is 14.5 Å². The van der Waals surface area contributed by atoms with Gasteiger partial charge < -0.3 is 20.4 Å². The second kappa shape index (κ2) is 10.3. The number of anilines is 1. The molecule has 0 atom stereocenters. The van der Waals surface area contributed by atoms with Crippen LogP contribution in [-0.4, -0.2) is 60.0 Å². The quantitative estimate of drug-likeness (QED) is 0.591. The molecule has 2 aromatic rings. The number of aromatic nitrogens is 1. The monoisotopic (exact) mass is 426 g/mol. The van der Waals surface area contributed by atoms with E-state index in [9.17, 15) is 14.4 Å².